The topological polar surface area (TPSA) is 35.2 Å². The molecule has 0 spiro atoms. The molecule has 0 saturated heterocycles. The minimum atomic E-state index is 0.0448. The molecule has 1 aromatic rings. The van der Waals surface area contributed by atoms with E-state index in [1.54, 1.807) is 0 Å². The third-order valence-electron chi connectivity index (χ3n) is 2.45. The second kappa shape index (κ2) is 4.73. The maximum absolute atomic E-state index is 6.01. The van der Waals surface area contributed by atoms with Crippen LogP contribution in [0.3, 0.4) is 0 Å². The fourth-order valence-corrected chi connectivity index (χ4v) is 2.68. The highest BCUT2D eigenvalue weighted by Gasteiger charge is 2.24. The molecule has 3 heteroatoms. The van der Waals surface area contributed by atoms with E-state index < -0.39 is 0 Å². The van der Waals surface area contributed by atoms with E-state index in [1.165, 1.54) is 4.90 Å². The Bertz CT molecular complexity index is 353. The predicted molar refractivity (Wildman–Crippen MR) is 64.4 cm³/mol. The normalized spacial score (nSPS) is 21.3. The van der Waals surface area contributed by atoms with Gasteiger partial charge in [0, 0.05) is 16.7 Å². The molecule has 15 heavy (non-hydrogen) atoms. The fourth-order valence-electron chi connectivity index (χ4n) is 1.59. The van der Waals surface area contributed by atoms with Crippen LogP contribution in [0.5, 0.6) is 5.75 Å². The van der Waals surface area contributed by atoms with E-state index in [0.717, 1.165) is 17.9 Å². The average molecular weight is 221 g/mol. The van der Waals surface area contributed by atoms with Crippen LogP contribution in [0.2, 0.25) is 0 Å². The van der Waals surface area contributed by atoms with Gasteiger partial charge in [0.15, 0.2) is 0 Å². The van der Waals surface area contributed by atoms with Gasteiger partial charge in [-0.1, -0.05) is 18.2 Å². The molecule has 1 aromatic carbocycles. The van der Waals surface area contributed by atoms with E-state index in [0.29, 0.717) is 0 Å². The number of ether oxygens (including phenoxy) is 1. The molecule has 1 heterocycles. The van der Waals surface area contributed by atoms with Crippen LogP contribution in [0.1, 0.15) is 6.42 Å². The Balaban J connectivity index is 2.08. The lowest BCUT2D eigenvalue weighted by molar-refractivity contribution is 0.185. The molecule has 2 atom stereocenters. The Labute approximate surface area is 94.5 Å². The zero-order valence-corrected chi connectivity index (χ0v) is 9.37. The second-order valence-electron chi connectivity index (χ2n) is 3.60. The number of benzene rings is 1. The summed E-state index contributed by atoms with van der Waals surface area (Å²) in [6.45, 7) is 3.70. The van der Waals surface area contributed by atoms with Crippen LogP contribution >= 0.6 is 11.8 Å². The van der Waals surface area contributed by atoms with Gasteiger partial charge in [-0.05, 0) is 18.6 Å². The number of hydrogen-bond donors (Lipinski definition) is 1. The number of hydrogen-bond acceptors (Lipinski definition) is 3. The third-order valence-corrected chi connectivity index (χ3v) is 3.59. The molecule has 2 N–H and O–H groups in total. The Morgan fingerprint density at radius 3 is 3.20 bits per heavy atom. The van der Waals surface area contributed by atoms with Crippen LogP contribution < -0.4 is 10.5 Å². The first-order valence-electron chi connectivity index (χ1n) is 5.06. The van der Waals surface area contributed by atoms with Gasteiger partial charge < -0.3 is 10.5 Å². The lowest BCUT2D eigenvalue weighted by atomic mass is 10.1. The maximum atomic E-state index is 6.01. The molecule has 0 bridgehead atoms. The number of fused-ring (bicyclic) bond motifs is 1. The molecule has 0 aliphatic carbocycles. The van der Waals surface area contributed by atoms with Crippen molar-refractivity contribution in [3.05, 3.63) is 36.9 Å². The molecule has 0 saturated carbocycles. The summed E-state index contributed by atoms with van der Waals surface area (Å²) in [5, 5.41) is 0. The smallest absolute Gasteiger partial charge is 0.133 e. The Kier molecular flexibility index (Phi) is 3.34. The summed E-state index contributed by atoms with van der Waals surface area (Å²) in [4.78, 5) is 1.21. The highest BCUT2D eigenvalue weighted by molar-refractivity contribution is 7.99. The Hall–Kier alpha value is -0.930. The SMILES string of the molecule is C=CCC(N)C1CSc2ccccc2O1. The van der Waals surface area contributed by atoms with Gasteiger partial charge in [0.1, 0.15) is 11.9 Å². The average Bonchev–Trinajstić information content (AvgIpc) is 2.29. The highest BCUT2D eigenvalue weighted by Crippen LogP contribution is 2.35. The number of rotatable bonds is 3. The second-order valence-corrected chi connectivity index (χ2v) is 4.66. The first-order chi connectivity index (χ1) is 7.31. The summed E-state index contributed by atoms with van der Waals surface area (Å²) in [5.41, 5.74) is 6.01. The highest BCUT2D eigenvalue weighted by atomic mass is 32.2. The number of para-hydroxylation sites is 1. The molecular weight excluding hydrogens is 206 g/mol. The fraction of sp³-hybridized carbons (Fsp3) is 0.333. The Morgan fingerprint density at radius 2 is 2.40 bits per heavy atom. The molecule has 2 unspecified atom stereocenters. The van der Waals surface area contributed by atoms with Gasteiger partial charge in [0.05, 0.1) is 0 Å². The van der Waals surface area contributed by atoms with Crippen LogP contribution in [-0.2, 0) is 0 Å². The standard InChI is InChI=1S/C12H15NOS/c1-2-5-9(13)11-8-15-12-7-4-3-6-10(12)14-11/h2-4,6-7,9,11H,1,5,8,13H2. The van der Waals surface area contributed by atoms with E-state index in [1.807, 2.05) is 36.0 Å². The quantitative estimate of drug-likeness (QED) is 0.796. The Morgan fingerprint density at radius 1 is 1.60 bits per heavy atom. The minimum absolute atomic E-state index is 0.0448. The van der Waals surface area contributed by atoms with Crippen molar-refractivity contribution in [1.29, 1.82) is 0 Å². The molecule has 0 amide bonds. The molecule has 1 aliphatic rings. The van der Waals surface area contributed by atoms with Crippen molar-refractivity contribution in [1.82, 2.24) is 0 Å². The van der Waals surface area contributed by atoms with E-state index in [-0.39, 0.29) is 12.1 Å². The monoisotopic (exact) mass is 221 g/mol. The molecule has 2 nitrogen and oxygen atoms in total. The lowest BCUT2D eigenvalue weighted by Gasteiger charge is -2.29. The van der Waals surface area contributed by atoms with Crippen LogP contribution in [0.15, 0.2) is 41.8 Å². The van der Waals surface area contributed by atoms with E-state index in [2.05, 4.69) is 12.6 Å². The third kappa shape index (κ3) is 2.36. The maximum Gasteiger partial charge on any atom is 0.133 e. The summed E-state index contributed by atoms with van der Waals surface area (Å²) < 4.78 is 5.85. The van der Waals surface area contributed by atoms with Gasteiger partial charge in [0.25, 0.3) is 0 Å². The van der Waals surface area contributed by atoms with Gasteiger partial charge in [-0.15, -0.1) is 18.3 Å². The van der Waals surface area contributed by atoms with Gasteiger partial charge in [-0.25, -0.2) is 0 Å². The molecule has 1 aliphatic heterocycles. The van der Waals surface area contributed by atoms with Crippen molar-refractivity contribution < 1.29 is 4.74 Å². The molecular formula is C12H15NOS. The van der Waals surface area contributed by atoms with Crippen LogP contribution in [0, 0.1) is 0 Å². The summed E-state index contributed by atoms with van der Waals surface area (Å²) in [7, 11) is 0. The zero-order valence-electron chi connectivity index (χ0n) is 8.56. The predicted octanol–water partition coefficient (Wildman–Crippen LogP) is 2.44. The molecule has 2 rings (SSSR count). The van der Waals surface area contributed by atoms with Crippen molar-refractivity contribution in [2.45, 2.75) is 23.5 Å². The summed E-state index contributed by atoms with van der Waals surface area (Å²) in [5.74, 6) is 1.88. The van der Waals surface area contributed by atoms with E-state index in [4.69, 9.17) is 10.5 Å². The van der Waals surface area contributed by atoms with Gasteiger partial charge in [-0.3, -0.25) is 0 Å². The van der Waals surface area contributed by atoms with E-state index >= 15 is 0 Å². The van der Waals surface area contributed by atoms with E-state index in [9.17, 15) is 0 Å². The number of thioether (sulfide) groups is 1. The van der Waals surface area contributed by atoms with Crippen molar-refractivity contribution in [2.24, 2.45) is 5.73 Å². The first kappa shape index (κ1) is 10.6. The van der Waals surface area contributed by atoms with Gasteiger partial charge >= 0.3 is 0 Å². The minimum Gasteiger partial charge on any atom is -0.487 e. The van der Waals surface area contributed by atoms with Crippen LogP contribution in [0.4, 0.5) is 0 Å². The summed E-state index contributed by atoms with van der Waals surface area (Å²) in [6.07, 6.45) is 2.75. The molecule has 0 radical (unpaired) electrons. The van der Waals surface area contributed by atoms with Gasteiger partial charge in [0.2, 0.25) is 0 Å². The largest absolute Gasteiger partial charge is 0.487 e. The molecule has 80 valence electrons. The van der Waals surface area contributed by atoms with Gasteiger partial charge in [-0.2, -0.15) is 0 Å². The van der Waals surface area contributed by atoms with Crippen molar-refractivity contribution >= 4 is 11.8 Å². The van der Waals surface area contributed by atoms with Crippen LogP contribution in [0.25, 0.3) is 0 Å². The zero-order chi connectivity index (χ0) is 10.7. The first-order valence-corrected chi connectivity index (χ1v) is 6.05. The van der Waals surface area contributed by atoms with Crippen molar-refractivity contribution in [3.8, 4) is 5.75 Å². The number of nitrogens with two attached hydrogens (primary N) is 1. The summed E-state index contributed by atoms with van der Waals surface area (Å²) >= 11 is 1.81. The van der Waals surface area contributed by atoms with Crippen molar-refractivity contribution in [2.75, 3.05) is 5.75 Å². The molecule has 0 aromatic heterocycles. The summed E-state index contributed by atoms with van der Waals surface area (Å²) in [6, 6.07) is 8.13. The molecule has 0 fully saturated rings. The van der Waals surface area contributed by atoms with Crippen molar-refractivity contribution in [3.63, 3.8) is 0 Å². The van der Waals surface area contributed by atoms with Crippen LogP contribution in [-0.4, -0.2) is 17.9 Å². The lowest BCUT2D eigenvalue weighted by Crippen LogP contribution is -2.41.